The molecule has 0 radical (unpaired) electrons. The Morgan fingerprint density at radius 2 is 2.21 bits per heavy atom. The number of nitrogens with one attached hydrogen (secondary N) is 2. The van der Waals surface area contributed by atoms with E-state index in [9.17, 15) is 0 Å². The SMILES string of the molecule is CCOCCCNC(=NCc1ccccc1Br)NN. The maximum atomic E-state index is 5.43. The van der Waals surface area contributed by atoms with E-state index in [2.05, 4.69) is 31.7 Å². The van der Waals surface area contributed by atoms with E-state index in [4.69, 9.17) is 10.6 Å². The first-order chi connectivity index (χ1) is 9.27. The van der Waals surface area contributed by atoms with Crippen molar-refractivity contribution in [3.8, 4) is 0 Å². The zero-order valence-electron chi connectivity index (χ0n) is 11.2. The zero-order valence-corrected chi connectivity index (χ0v) is 12.7. The summed E-state index contributed by atoms with van der Waals surface area (Å²) in [5.41, 5.74) is 3.68. The molecule has 6 heteroatoms. The monoisotopic (exact) mass is 328 g/mol. The minimum Gasteiger partial charge on any atom is -0.382 e. The lowest BCUT2D eigenvalue weighted by molar-refractivity contribution is 0.145. The van der Waals surface area contributed by atoms with Crippen molar-refractivity contribution in [2.45, 2.75) is 19.9 Å². The molecule has 1 aromatic carbocycles. The summed E-state index contributed by atoms with van der Waals surface area (Å²) >= 11 is 3.49. The first-order valence-electron chi connectivity index (χ1n) is 6.34. The fraction of sp³-hybridized carbons (Fsp3) is 0.462. The molecule has 0 aliphatic heterocycles. The van der Waals surface area contributed by atoms with E-state index in [1.54, 1.807) is 0 Å². The smallest absolute Gasteiger partial charge is 0.206 e. The van der Waals surface area contributed by atoms with Gasteiger partial charge in [0.25, 0.3) is 0 Å². The van der Waals surface area contributed by atoms with Crippen LogP contribution in [0.25, 0.3) is 0 Å². The van der Waals surface area contributed by atoms with Crippen molar-refractivity contribution in [1.29, 1.82) is 0 Å². The Labute approximate surface area is 122 Å². The number of hydrogen-bond donors (Lipinski definition) is 3. The maximum Gasteiger partial charge on any atom is 0.206 e. The van der Waals surface area contributed by atoms with Crippen LogP contribution in [0.2, 0.25) is 0 Å². The predicted molar refractivity (Wildman–Crippen MR) is 81.7 cm³/mol. The molecule has 19 heavy (non-hydrogen) atoms. The molecular formula is C13H21BrN4O. The molecule has 5 nitrogen and oxygen atoms in total. The van der Waals surface area contributed by atoms with Crippen molar-refractivity contribution >= 4 is 21.9 Å². The van der Waals surface area contributed by atoms with Gasteiger partial charge in [-0.3, -0.25) is 5.43 Å². The second kappa shape index (κ2) is 9.77. The van der Waals surface area contributed by atoms with E-state index < -0.39 is 0 Å². The average Bonchev–Trinajstić information content (AvgIpc) is 2.43. The maximum absolute atomic E-state index is 5.43. The van der Waals surface area contributed by atoms with Crippen LogP contribution >= 0.6 is 15.9 Å². The van der Waals surface area contributed by atoms with Gasteiger partial charge in [0.1, 0.15) is 0 Å². The Kier molecular flexibility index (Phi) is 8.20. The van der Waals surface area contributed by atoms with Gasteiger partial charge in [0.15, 0.2) is 0 Å². The van der Waals surface area contributed by atoms with Crippen molar-refractivity contribution in [3.63, 3.8) is 0 Å². The lowest BCUT2D eigenvalue weighted by atomic mass is 10.2. The summed E-state index contributed by atoms with van der Waals surface area (Å²) in [5.74, 6) is 6.02. The molecule has 0 aromatic heterocycles. The highest BCUT2D eigenvalue weighted by atomic mass is 79.9. The highest BCUT2D eigenvalue weighted by Crippen LogP contribution is 2.16. The minimum absolute atomic E-state index is 0.569. The lowest BCUT2D eigenvalue weighted by Crippen LogP contribution is -2.42. The third-order valence-electron chi connectivity index (χ3n) is 2.46. The normalized spacial score (nSPS) is 11.4. The van der Waals surface area contributed by atoms with E-state index in [0.29, 0.717) is 12.5 Å². The highest BCUT2D eigenvalue weighted by molar-refractivity contribution is 9.10. The molecule has 4 N–H and O–H groups in total. The zero-order chi connectivity index (χ0) is 13.9. The number of aliphatic imine (C=N–C) groups is 1. The number of nitrogens with two attached hydrogens (primary N) is 1. The number of nitrogens with zero attached hydrogens (tertiary/aromatic N) is 1. The molecule has 0 aliphatic carbocycles. The van der Waals surface area contributed by atoms with Gasteiger partial charge in [-0.15, -0.1) is 0 Å². The number of halogens is 1. The van der Waals surface area contributed by atoms with E-state index in [-0.39, 0.29) is 0 Å². The number of rotatable bonds is 7. The Morgan fingerprint density at radius 3 is 2.89 bits per heavy atom. The average molecular weight is 329 g/mol. The Hall–Kier alpha value is -1.11. The lowest BCUT2D eigenvalue weighted by Gasteiger charge is -2.09. The largest absolute Gasteiger partial charge is 0.382 e. The van der Waals surface area contributed by atoms with Crippen LogP contribution in [-0.4, -0.2) is 25.7 Å². The van der Waals surface area contributed by atoms with Crippen LogP contribution < -0.4 is 16.6 Å². The van der Waals surface area contributed by atoms with Crippen LogP contribution in [0.1, 0.15) is 18.9 Å². The van der Waals surface area contributed by atoms with E-state index in [1.165, 1.54) is 0 Å². The molecule has 0 aliphatic rings. The highest BCUT2D eigenvalue weighted by Gasteiger charge is 1.99. The summed E-state index contributed by atoms with van der Waals surface area (Å²) in [7, 11) is 0. The first-order valence-corrected chi connectivity index (χ1v) is 7.13. The number of benzene rings is 1. The van der Waals surface area contributed by atoms with Crippen LogP contribution in [0.5, 0.6) is 0 Å². The Morgan fingerprint density at radius 1 is 1.42 bits per heavy atom. The molecule has 0 heterocycles. The number of ether oxygens (including phenoxy) is 1. The van der Waals surface area contributed by atoms with Gasteiger partial charge in [-0.1, -0.05) is 34.1 Å². The molecular weight excluding hydrogens is 308 g/mol. The Bertz CT molecular complexity index is 398. The minimum atomic E-state index is 0.569. The van der Waals surface area contributed by atoms with Gasteiger partial charge in [-0.25, -0.2) is 10.8 Å². The standard InChI is InChI=1S/C13H21BrN4O/c1-2-19-9-5-8-16-13(18-15)17-10-11-6-3-4-7-12(11)14/h3-4,6-7H,2,5,8-10,15H2,1H3,(H2,16,17,18). The van der Waals surface area contributed by atoms with Crippen LogP contribution in [0.4, 0.5) is 0 Å². The van der Waals surface area contributed by atoms with Crippen molar-refractivity contribution in [3.05, 3.63) is 34.3 Å². The van der Waals surface area contributed by atoms with Gasteiger partial charge < -0.3 is 10.1 Å². The van der Waals surface area contributed by atoms with Crippen molar-refractivity contribution in [1.82, 2.24) is 10.7 Å². The topological polar surface area (TPSA) is 71.7 Å². The fourth-order valence-corrected chi connectivity index (χ4v) is 1.88. The third kappa shape index (κ3) is 6.56. The molecule has 0 spiro atoms. The molecule has 0 saturated heterocycles. The van der Waals surface area contributed by atoms with Gasteiger partial charge in [0.05, 0.1) is 6.54 Å². The molecule has 0 amide bonds. The van der Waals surface area contributed by atoms with Gasteiger partial charge >= 0.3 is 0 Å². The van der Waals surface area contributed by atoms with Crippen molar-refractivity contribution in [2.75, 3.05) is 19.8 Å². The number of hydrazine groups is 1. The molecule has 0 saturated carbocycles. The van der Waals surface area contributed by atoms with Crippen LogP contribution in [-0.2, 0) is 11.3 Å². The van der Waals surface area contributed by atoms with Gasteiger partial charge in [0, 0.05) is 24.2 Å². The molecule has 0 unspecified atom stereocenters. The van der Waals surface area contributed by atoms with Gasteiger partial charge in [-0.05, 0) is 25.0 Å². The summed E-state index contributed by atoms with van der Waals surface area (Å²) in [4.78, 5) is 4.39. The first kappa shape index (κ1) is 15.9. The second-order valence-corrected chi connectivity index (χ2v) is 4.73. The van der Waals surface area contributed by atoms with Crippen molar-refractivity contribution < 1.29 is 4.74 Å². The molecule has 0 fully saturated rings. The summed E-state index contributed by atoms with van der Waals surface area (Å²) in [6.45, 7) is 4.82. The van der Waals surface area contributed by atoms with Gasteiger partial charge in [0.2, 0.25) is 5.96 Å². The summed E-state index contributed by atoms with van der Waals surface area (Å²) in [6, 6.07) is 7.98. The summed E-state index contributed by atoms with van der Waals surface area (Å²) in [5, 5.41) is 3.14. The molecule has 1 rings (SSSR count). The van der Waals surface area contributed by atoms with Gasteiger partial charge in [-0.2, -0.15) is 0 Å². The predicted octanol–water partition coefficient (Wildman–Crippen LogP) is 1.78. The number of hydrogen-bond acceptors (Lipinski definition) is 3. The fourth-order valence-electron chi connectivity index (χ4n) is 1.47. The van der Waals surface area contributed by atoms with E-state index in [1.807, 2.05) is 31.2 Å². The van der Waals surface area contributed by atoms with E-state index >= 15 is 0 Å². The van der Waals surface area contributed by atoms with E-state index in [0.717, 1.165) is 36.2 Å². The molecule has 1 aromatic rings. The molecule has 0 bridgehead atoms. The summed E-state index contributed by atoms with van der Waals surface area (Å²) < 4.78 is 6.30. The number of guanidine groups is 1. The van der Waals surface area contributed by atoms with Crippen LogP contribution in [0.15, 0.2) is 33.7 Å². The van der Waals surface area contributed by atoms with Crippen LogP contribution in [0.3, 0.4) is 0 Å². The molecule has 0 atom stereocenters. The van der Waals surface area contributed by atoms with Crippen molar-refractivity contribution in [2.24, 2.45) is 10.8 Å². The summed E-state index contributed by atoms with van der Waals surface area (Å²) in [6.07, 6.45) is 0.920. The second-order valence-electron chi connectivity index (χ2n) is 3.88. The quantitative estimate of drug-likeness (QED) is 0.234. The Balaban J connectivity index is 2.37. The van der Waals surface area contributed by atoms with Crippen LogP contribution in [0, 0.1) is 0 Å². The third-order valence-corrected chi connectivity index (χ3v) is 3.24. The molecule has 106 valence electrons.